The number of benzene rings is 1. The highest BCUT2D eigenvalue weighted by Crippen LogP contribution is 2.36. The number of hydrogen-bond acceptors (Lipinski definition) is 5. The molecule has 1 unspecified atom stereocenters. The molecule has 1 aliphatic rings. The van der Waals surface area contributed by atoms with Crippen molar-refractivity contribution in [2.45, 2.75) is 18.9 Å². The summed E-state index contributed by atoms with van der Waals surface area (Å²) in [5.74, 6) is 0. The summed E-state index contributed by atoms with van der Waals surface area (Å²) in [5.41, 5.74) is 1.00. The number of aliphatic hydroxyl groups is 1. The summed E-state index contributed by atoms with van der Waals surface area (Å²) < 4.78 is 0. The number of nitrogens with zero attached hydrogens (tertiary/aromatic N) is 3. The van der Waals surface area contributed by atoms with Crippen LogP contribution < -0.4 is 4.90 Å². The quantitative estimate of drug-likeness (QED) is 0.684. The summed E-state index contributed by atoms with van der Waals surface area (Å²) in [6.45, 7) is 0.962. The summed E-state index contributed by atoms with van der Waals surface area (Å²) in [6.07, 6.45) is 5.13. The Morgan fingerprint density at radius 1 is 1.40 bits per heavy atom. The number of nitro benzene ring substituents is 1. The van der Waals surface area contributed by atoms with Crippen molar-refractivity contribution in [3.8, 4) is 0 Å². The fourth-order valence-corrected chi connectivity index (χ4v) is 2.91. The highest BCUT2D eigenvalue weighted by atomic mass is 16.6. The molecule has 0 aliphatic carbocycles. The number of aliphatic hydroxyl groups excluding tert-OH is 1. The minimum Gasteiger partial charge on any atom is -0.394 e. The first-order valence-corrected chi connectivity index (χ1v) is 6.61. The van der Waals surface area contributed by atoms with Crippen molar-refractivity contribution in [1.29, 1.82) is 0 Å². The molecule has 0 bridgehead atoms. The zero-order chi connectivity index (χ0) is 14.1. The van der Waals surface area contributed by atoms with E-state index in [1.807, 2.05) is 0 Å². The monoisotopic (exact) mass is 273 g/mol. The third-order valence-corrected chi connectivity index (χ3v) is 3.87. The molecule has 0 saturated carbocycles. The van der Waals surface area contributed by atoms with E-state index in [-0.39, 0.29) is 23.3 Å². The zero-order valence-corrected chi connectivity index (χ0v) is 10.9. The average molecular weight is 273 g/mol. The van der Waals surface area contributed by atoms with Gasteiger partial charge in [-0.25, -0.2) is 0 Å². The molecule has 1 aromatic carbocycles. The van der Waals surface area contributed by atoms with Gasteiger partial charge in [0.05, 0.1) is 23.0 Å². The molecular weight excluding hydrogens is 258 g/mol. The molecule has 1 aliphatic heterocycles. The second kappa shape index (κ2) is 5.05. The van der Waals surface area contributed by atoms with Gasteiger partial charge in [-0.1, -0.05) is 0 Å². The van der Waals surface area contributed by atoms with Crippen LogP contribution in [0.5, 0.6) is 0 Å². The maximum atomic E-state index is 11.1. The zero-order valence-electron chi connectivity index (χ0n) is 10.9. The maximum absolute atomic E-state index is 11.1. The molecule has 2 heterocycles. The molecule has 0 spiro atoms. The van der Waals surface area contributed by atoms with Gasteiger partial charge in [-0.05, 0) is 25.0 Å². The molecule has 1 fully saturated rings. The second-order valence-corrected chi connectivity index (χ2v) is 4.95. The molecule has 1 atom stereocenters. The van der Waals surface area contributed by atoms with E-state index < -0.39 is 0 Å². The van der Waals surface area contributed by atoms with Crippen LogP contribution in [0, 0.1) is 10.1 Å². The summed E-state index contributed by atoms with van der Waals surface area (Å²) in [7, 11) is 0. The molecular formula is C14H15N3O3. The van der Waals surface area contributed by atoms with E-state index >= 15 is 0 Å². The van der Waals surface area contributed by atoms with Gasteiger partial charge >= 0.3 is 0 Å². The van der Waals surface area contributed by atoms with Crippen LogP contribution in [0.15, 0.2) is 30.6 Å². The largest absolute Gasteiger partial charge is 0.394 e. The van der Waals surface area contributed by atoms with Crippen LogP contribution >= 0.6 is 0 Å². The molecule has 20 heavy (non-hydrogen) atoms. The molecule has 2 aromatic rings. The maximum Gasteiger partial charge on any atom is 0.278 e. The predicted molar refractivity (Wildman–Crippen MR) is 75.9 cm³/mol. The van der Waals surface area contributed by atoms with Crippen molar-refractivity contribution in [1.82, 2.24) is 4.98 Å². The molecule has 0 amide bonds. The lowest BCUT2D eigenvalue weighted by molar-refractivity contribution is -0.383. The lowest BCUT2D eigenvalue weighted by Gasteiger charge is -2.26. The van der Waals surface area contributed by atoms with Crippen molar-refractivity contribution in [2.24, 2.45) is 0 Å². The van der Waals surface area contributed by atoms with Gasteiger partial charge in [-0.15, -0.1) is 0 Å². The van der Waals surface area contributed by atoms with E-state index in [2.05, 4.69) is 9.88 Å². The Balaban J connectivity index is 2.18. The number of rotatable bonds is 3. The normalized spacial score (nSPS) is 18.6. The third-order valence-electron chi connectivity index (χ3n) is 3.87. The summed E-state index contributed by atoms with van der Waals surface area (Å²) >= 11 is 0. The molecule has 0 radical (unpaired) electrons. The lowest BCUT2D eigenvalue weighted by Crippen LogP contribution is -2.32. The number of aromatic nitrogens is 1. The number of anilines is 1. The Morgan fingerprint density at radius 2 is 2.25 bits per heavy atom. The summed E-state index contributed by atoms with van der Waals surface area (Å²) in [4.78, 5) is 16.8. The molecule has 6 nitrogen and oxygen atoms in total. The van der Waals surface area contributed by atoms with Crippen molar-refractivity contribution in [2.75, 3.05) is 18.1 Å². The molecule has 104 valence electrons. The van der Waals surface area contributed by atoms with E-state index in [0.717, 1.165) is 30.5 Å². The van der Waals surface area contributed by atoms with Gasteiger partial charge in [0.25, 0.3) is 5.69 Å². The SMILES string of the molecule is O=[N+]([O-])c1ccc(N2CCCC2CO)c2ccncc12. The molecule has 1 aromatic heterocycles. The predicted octanol–water partition coefficient (Wildman–Crippen LogP) is 2.10. The Labute approximate surface area is 115 Å². The molecule has 6 heteroatoms. The van der Waals surface area contributed by atoms with Crippen LogP contribution in [0.4, 0.5) is 11.4 Å². The standard InChI is InChI=1S/C14H15N3O3/c18-9-10-2-1-7-16(10)13-3-4-14(17(19)20)12-8-15-6-5-11(12)13/h3-6,8,10,18H,1-2,7,9H2. The van der Waals surface area contributed by atoms with Gasteiger partial charge in [0, 0.05) is 36.1 Å². The Kier molecular flexibility index (Phi) is 3.23. The first kappa shape index (κ1) is 12.8. The fourth-order valence-electron chi connectivity index (χ4n) is 2.91. The van der Waals surface area contributed by atoms with Crippen LogP contribution in [0.3, 0.4) is 0 Å². The van der Waals surface area contributed by atoms with Crippen LogP contribution in [-0.4, -0.2) is 34.2 Å². The average Bonchev–Trinajstić information content (AvgIpc) is 2.94. The number of pyridine rings is 1. The van der Waals surface area contributed by atoms with Crippen LogP contribution in [0.1, 0.15) is 12.8 Å². The van der Waals surface area contributed by atoms with Crippen molar-refractivity contribution in [3.05, 3.63) is 40.7 Å². The van der Waals surface area contributed by atoms with Crippen LogP contribution in [0.2, 0.25) is 0 Å². The number of fused-ring (bicyclic) bond motifs is 1. The summed E-state index contributed by atoms with van der Waals surface area (Å²) in [6, 6.07) is 5.18. The number of non-ortho nitro benzene ring substituents is 1. The molecule has 1 saturated heterocycles. The van der Waals surface area contributed by atoms with E-state index in [1.165, 1.54) is 12.3 Å². The smallest absolute Gasteiger partial charge is 0.278 e. The van der Waals surface area contributed by atoms with Crippen molar-refractivity contribution < 1.29 is 10.0 Å². The van der Waals surface area contributed by atoms with Crippen LogP contribution in [0.25, 0.3) is 10.8 Å². The van der Waals surface area contributed by atoms with Crippen molar-refractivity contribution in [3.63, 3.8) is 0 Å². The lowest BCUT2D eigenvalue weighted by atomic mass is 10.1. The topological polar surface area (TPSA) is 79.5 Å². The fraction of sp³-hybridized carbons (Fsp3) is 0.357. The van der Waals surface area contributed by atoms with Gasteiger partial charge in [-0.3, -0.25) is 15.1 Å². The van der Waals surface area contributed by atoms with E-state index in [1.54, 1.807) is 18.3 Å². The van der Waals surface area contributed by atoms with Gasteiger partial charge in [0.15, 0.2) is 0 Å². The van der Waals surface area contributed by atoms with Gasteiger partial charge in [0.1, 0.15) is 0 Å². The van der Waals surface area contributed by atoms with Gasteiger partial charge < -0.3 is 10.0 Å². The summed E-state index contributed by atoms with van der Waals surface area (Å²) in [5, 5.41) is 21.9. The highest BCUT2D eigenvalue weighted by molar-refractivity contribution is 5.99. The molecule has 1 N–H and O–H groups in total. The second-order valence-electron chi connectivity index (χ2n) is 4.95. The van der Waals surface area contributed by atoms with Gasteiger partial charge in [0.2, 0.25) is 0 Å². The molecule has 3 rings (SSSR count). The first-order valence-electron chi connectivity index (χ1n) is 6.61. The number of nitro groups is 1. The minimum atomic E-state index is -0.388. The Bertz CT molecular complexity index is 659. The first-order chi connectivity index (χ1) is 9.72. The van der Waals surface area contributed by atoms with E-state index in [0.29, 0.717) is 5.39 Å². The third kappa shape index (κ3) is 1.98. The minimum absolute atomic E-state index is 0.0663. The van der Waals surface area contributed by atoms with Gasteiger partial charge in [-0.2, -0.15) is 0 Å². The highest BCUT2D eigenvalue weighted by Gasteiger charge is 2.26. The van der Waals surface area contributed by atoms with E-state index in [9.17, 15) is 15.2 Å². The number of hydrogen-bond donors (Lipinski definition) is 1. The van der Waals surface area contributed by atoms with E-state index in [4.69, 9.17) is 0 Å². The Hall–Kier alpha value is -2.21. The Morgan fingerprint density at radius 3 is 3.00 bits per heavy atom. The van der Waals surface area contributed by atoms with Crippen molar-refractivity contribution >= 4 is 22.1 Å². The van der Waals surface area contributed by atoms with Crippen LogP contribution in [-0.2, 0) is 0 Å².